The molecule has 0 amide bonds. The monoisotopic (exact) mass is 240 g/mol. The van der Waals surface area contributed by atoms with E-state index in [9.17, 15) is 4.79 Å². The Morgan fingerprint density at radius 1 is 1.56 bits per heavy atom. The minimum Gasteiger partial charge on any atom is -0.487 e. The smallest absolute Gasteiger partial charge is 0.349 e. The summed E-state index contributed by atoms with van der Waals surface area (Å²) in [5.74, 6) is -0.467. The Morgan fingerprint density at radius 2 is 2.25 bits per heavy atom. The molecule has 3 nitrogen and oxygen atoms in total. The Balaban J connectivity index is 2.81. The van der Waals surface area contributed by atoms with Gasteiger partial charge in [0.05, 0.1) is 0 Å². The van der Waals surface area contributed by atoms with E-state index >= 15 is 0 Å². The van der Waals surface area contributed by atoms with Crippen molar-refractivity contribution in [3.8, 4) is 5.75 Å². The van der Waals surface area contributed by atoms with Gasteiger partial charge < -0.3 is 9.84 Å². The fourth-order valence-corrected chi connectivity index (χ4v) is 2.01. The highest BCUT2D eigenvalue weighted by atomic mass is 32.1. The van der Waals surface area contributed by atoms with Gasteiger partial charge in [-0.05, 0) is 24.5 Å². The zero-order valence-corrected chi connectivity index (χ0v) is 10.4. The van der Waals surface area contributed by atoms with Gasteiger partial charge in [0.25, 0.3) is 0 Å². The largest absolute Gasteiger partial charge is 0.487 e. The normalized spacial score (nSPS) is 10.1. The van der Waals surface area contributed by atoms with Crippen LogP contribution in [0.2, 0.25) is 0 Å². The highest BCUT2D eigenvalue weighted by Gasteiger charge is 2.16. The number of carboxylic acids is 1. The number of thiophene rings is 1. The number of carbonyl (C=O) groups is 1. The second kappa shape index (κ2) is 5.70. The summed E-state index contributed by atoms with van der Waals surface area (Å²) in [6.45, 7) is 8.19. The van der Waals surface area contributed by atoms with Crippen LogP contribution in [0, 0.1) is 0 Å². The Labute approximate surface area is 99.4 Å². The third-order valence-corrected chi connectivity index (χ3v) is 3.47. The van der Waals surface area contributed by atoms with Gasteiger partial charge in [0, 0.05) is 4.88 Å². The topological polar surface area (TPSA) is 46.5 Å². The summed E-state index contributed by atoms with van der Waals surface area (Å²) in [5.41, 5.74) is 0.959. The molecule has 0 bridgehead atoms. The van der Waals surface area contributed by atoms with Gasteiger partial charge in [0.1, 0.15) is 12.4 Å². The molecule has 0 unspecified atom stereocenters. The van der Waals surface area contributed by atoms with Crippen LogP contribution < -0.4 is 4.74 Å². The second-order valence-electron chi connectivity index (χ2n) is 3.46. The molecule has 0 aliphatic heterocycles. The maximum absolute atomic E-state index is 11.0. The van der Waals surface area contributed by atoms with E-state index in [-0.39, 0.29) is 4.88 Å². The molecule has 0 saturated carbocycles. The summed E-state index contributed by atoms with van der Waals surface area (Å²) in [6, 6.07) is 1.80. The molecule has 16 heavy (non-hydrogen) atoms. The maximum atomic E-state index is 11.0. The summed E-state index contributed by atoms with van der Waals surface area (Å²) >= 11 is 1.27. The van der Waals surface area contributed by atoms with E-state index in [4.69, 9.17) is 9.84 Å². The molecule has 0 radical (unpaired) electrons. The predicted octanol–water partition coefficient (Wildman–Crippen LogP) is 3.35. The van der Waals surface area contributed by atoms with Gasteiger partial charge in [-0.3, -0.25) is 0 Å². The maximum Gasteiger partial charge on any atom is 0.349 e. The van der Waals surface area contributed by atoms with E-state index in [0.29, 0.717) is 12.4 Å². The lowest BCUT2D eigenvalue weighted by Gasteiger charge is -2.05. The molecule has 0 aromatic carbocycles. The van der Waals surface area contributed by atoms with Crippen LogP contribution in [0.4, 0.5) is 0 Å². The number of aromatic carboxylic acids is 1. The van der Waals surface area contributed by atoms with E-state index < -0.39 is 5.97 Å². The zero-order valence-electron chi connectivity index (χ0n) is 9.58. The summed E-state index contributed by atoms with van der Waals surface area (Å²) in [5, 5.41) is 9.00. The number of ether oxygens (including phenoxy) is 1. The van der Waals surface area contributed by atoms with Crippen molar-refractivity contribution < 1.29 is 14.6 Å². The van der Waals surface area contributed by atoms with Gasteiger partial charge in [-0.25, -0.2) is 4.79 Å². The average Bonchev–Trinajstić information content (AvgIpc) is 2.69. The number of carboxylic acid groups (broad SMARTS) is 1. The van der Waals surface area contributed by atoms with Gasteiger partial charge >= 0.3 is 5.97 Å². The van der Waals surface area contributed by atoms with Crippen LogP contribution in [-0.2, 0) is 6.42 Å². The molecule has 0 atom stereocenters. The molecule has 1 aromatic rings. The first kappa shape index (κ1) is 12.8. The Hall–Kier alpha value is -1.29. The van der Waals surface area contributed by atoms with E-state index in [0.717, 1.165) is 23.3 Å². The van der Waals surface area contributed by atoms with Crippen LogP contribution in [0.15, 0.2) is 18.2 Å². The van der Waals surface area contributed by atoms with Crippen LogP contribution in [0.3, 0.4) is 0 Å². The Morgan fingerprint density at radius 3 is 2.75 bits per heavy atom. The molecular formula is C12H16O3S. The Kier molecular flexibility index (Phi) is 4.55. The minimum atomic E-state index is -0.929. The van der Waals surface area contributed by atoms with Crippen molar-refractivity contribution in [1.29, 1.82) is 0 Å². The second-order valence-corrected chi connectivity index (χ2v) is 4.59. The quantitative estimate of drug-likeness (QED) is 0.776. The lowest BCUT2D eigenvalue weighted by Crippen LogP contribution is -2.02. The van der Waals surface area contributed by atoms with Crippen molar-refractivity contribution in [2.45, 2.75) is 26.7 Å². The average molecular weight is 240 g/mol. The van der Waals surface area contributed by atoms with Crippen molar-refractivity contribution in [2.75, 3.05) is 6.61 Å². The molecular weight excluding hydrogens is 224 g/mol. The lowest BCUT2D eigenvalue weighted by atomic mass is 10.2. The third kappa shape index (κ3) is 3.10. The predicted molar refractivity (Wildman–Crippen MR) is 65.6 cm³/mol. The SMILES string of the molecule is C=C(CC)COc1cc(CC)sc1C(=O)O. The van der Waals surface area contributed by atoms with E-state index in [2.05, 4.69) is 6.58 Å². The summed E-state index contributed by atoms with van der Waals surface area (Å²) in [4.78, 5) is 12.3. The van der Waals surface area contributed by atoms with E-state index in [1.165, 1.54) is 11.3 Å². The van der Waals surface area contributed by atoms with Crippen LogP contribution in [0.5, 0.6) is 5.75 Å². The number of hydrogen-bond acceptors (Lipinski definition) is 3. The van der Waals surface area contributed by atoms with Gasteiger partial charge in [0.2, 0.25) is 0 Å². The molecule has 0 aliphatic rings. The molecule has 1 N–H and O–H groups in total. The first-order chi connectivity index (χ1) is 7.58. The number of rotatable bonds is 6. The molecule has 0 spiro atoms. The zero-order chi connectivity index (χ0) is 12.1. The van der Waals surface area contributed by atoms with Crippen molar-refractivity contribution >= 4 is 17.3 Å². The van der Waals surface area contributed by atoms with Gasteiger partial charge in [-0.1, -0.05) is 20.4 Å². The Bertz CT molecular complexity index is 393. The molecule has 4 heteroatoms. The molecule has 0 fully saturated rings. The standard InChI is InChI=1S/C12H16O3S/c1-4-8(3)7-15-10-6-9(5-2)16-11(10)12(13)14/h6H,3-5,7H2,1-2H3,(H,13,14). The third-order valence-electron chi connectivity index (χ3n) is 2.22. The van der Waals surface area contributed by atoms with Crippen molar-refractivity contribution in [3.05, 3.63) is 28.0 Å². The van der Waals surface area contributed by atoms with Crippen LogP contribution in [0.1, 0.15) is 34.8 Å². The molecule has 0 aliphatic carbocycles. The summed E-state index contributed by atoms with van der Waals surface area (Å²) in [6.07, 6.45) is 1.66. The number of aryl methyl sites for hydroxylation is 1. The fraction of sp³-hybridized carbons (Fsp3) is 0.417. The van der Waals surface area contributed by atoms with Gasteiger partial charge in [-0.2, -0.15) is 0 Å². The fourth-order valence-electron chi connectivity index (χ4n) is 1.13. The first-order valence-electron chi connectivity index (χ1n) is 5.23. The number of hydrogen-bond donors (Lipinski definition) is 1. The van der Waals surface area contributed by atoms with E-state index in [1.54, 1.807) is 6.07 Å². The highest BCUT2D eigenvalue weighted by Crippen LogP contribution is 2.30. The molecule has 1 rings (SSSR count). The summed E-state index contributed by atoms with van der Waals surface area (Å²) in [7, 11) is 0. The molecule has 1 heterocycles. The first-order valence-corrected chi connectivity index (χ1v) is 6.05. The van der Waals surface area contributed by atoms with Crippen LogP contribution in [0.25, 0.3) is 0 Å². The highest BCUT2D eigenvalue weighted by molar-refractivity contribution is 7.14. The summed E-state index contributed by atoms with van der Waals surface area (Å²) < 4.78 is 5.46. The van der Waals surface area contributed by atoms with E-state index in [1.807, 2.05) is 13.8 Å². The molecule has 88 valence electrons. The van der Waals surface area contributed by atoms with Crippen molar-refractivity contribution in [1.82, 2.24) is 0 Å². The van der Waals surface area contributed by atoms with Crippen molar-refractivity contribution in [3.63, 3.8) is 0 Å². The van der Waals surface area contributed by atoms with Crippen molar-refractivity contribution in [2.24, 2.45) is 0 Å². The molecule has 0 saturated heterocycles. The minimum absolute atomic E-state index is 0.278. The lowest BCUT2D eigenvalue weighted by molar-refractivity contribution is 0.0698. The van der Waals surface area contributed by atoms with Crippen LogP contribution >= 0.6 is 11.3 Å². The van der Waals surface area contributed by atoms with Crippen LogP contribution in [-0.4, -0.2) is 17.7 Å². The van der Waals surface area contributed by atoms with Gasteiger partial charge in [-0.15, -0.1) is 11.3 Å². The van der Waals surface area contributed by atoms with Gasteiger partial charge in [0.15, 0.2) is 4.88 Å². The molecule has 1 aromatic heterocycles.